The molecule has 1 atom stereocenters. The number of ether oxygens (including phenoxy) is 1. The third kappa shape index (κ3) is 2.97. The minimum atomic E-state index is 0.0174. The van der Waals surface area contributed by atoms with Crippen molar-refractivity contribution in [3.8, 4) is 5.75 Å². The minimum Gasteiger partial charge on any atom is -0.496 e. The summed E-state index contributed by atoms with van der Waals surface area (Å²) in [6.45, 7) is 0.781. The Morgan fingerprint density at radius 1 is 1.33 bits per heavy atom. The number of likely N-dealkylation sites (N-methyl/N-ethyl adjacent to an activating group) is 2. The van der Waals surface area contributed by atoms with Gasteiger partial charge in [-0.3, -0.25) is 0 Å². The second-order valence-corrected chi connectivity index (χ2v) is 7.40. The Hall–Kier alpha value is -1.75. The van der Waals surface area contributed by atoms with Gasteiger partial charge < -0.3 is 19.9 Å². The van der Waals surface area contributed by atoms with Crippen molar-refractivity contribution in [1.29, 1.82) is 0 Å². The van der Waals surface area contributed by atoms with E-state index in [1.165, 1.54) is 30.4 Å². The van der Waals surface area contributed by atoms with E-state index in [2.05, 4.69) is 30.4 Å². The van der Waals surface area contributed by atoms with Crippen LogP contribution in [0.5, 0.6) is 5.75 Å². The molecule has 1 aromatic rings. The predicted octanol–water partition coefficient (Wildman–Crippen LogP) is 2.81. The number of urea groups is 1. The number of nitrogens with one attached hydrogen (secondary N) is 1. The molecule has 1 N–H and O–H groups in total. The molecular weight excluding hydrogens is 302 g/mol. The van der Waals surface area contributed by atoms with E-state index in [1.54, 1.807) is 7.11 Å². The van der Waals surface area contributed by atoms with E-state index in [-0.39, 0.29) is 17.6 Å². The lowest BCUT2D eigenvalue weighted by molar-refractivity contribution is 0.0360. The summed E-state index contributed by atoms with van der Waals surface area (Å²) >= 11 is 0. The summed E-state index contributed by atoms with van der Waals surface area (Å²) in [5.74, 6) is 0.929. The number of carbonyl (C=O) groups is 1. The minimum absolute atomic E-state index is 0.0174. The molecule has 0 saturated heterocycles. The van der Waals surface area contributed by atoms with Gasteiger partial charge in [0.25, 0.3) is 0 Å². The zero-order chi connectivity index (χ0) is 17.3. The third-order valence-corrected chi connectivity index (χ3v) is 5.86. The number of carbonyl (C=O) groups excluding carboxylic acids is 1. The fourth-order valence-electron chi connectivity index (χ4n) is 4.07. The van der Waals surface area contributed by atoms with E-state index in [4.69, 9.17) is 4.74 Å². The number of nitrogens with zero attached hydrogens (tertiary/aromatic N) is 2. The van der Waals surface area contributed by atoms with E-state index < -0.39 is 0 Å². The summed E-state index contributed by atoms with van der Waals surface area (Å²) in [4.78, 5) is 16.8. The highest BCUT2D eigenvalue weighted by molar-refractivity contribution is 5.75. The Morgan fingerprint density at radius 3 is 2.67 bits per heavy atom. The van der Waals surface area contributed by atoms with Crippen molar-refractivity contribution in [2.75, 3.05) is 34.8 Å². The molecule has 5 heteroatoms. The molecule has 0 heterocycles. The molecule has 0 aliphatic heterocycles. The number of amides is 2. The topological polar surface area (TPSA) is 44.8 Å². The number of fused-ring (bicyclic) bond motifs is 1. The smallest absolute Gasteiger partial charge is 0.317 e. The Kier molecular flexibility index (Phi) is 4.72. The van der Waals surface area contributed by atoms with Crippen molar-refractivity contribution in [3.63, 3.8) is 0 Å². The number of rotatable bonds is 5. The molecule has 1 aromatic carbocycles. The van der Waals surface area contributed by atoms with E-state index in [9.17, 15) is 4.79 Å². The van der Waals surface area contributed by atoms with Gasteiger partial charge in [-0.25, -0.2) is 4.79 Å². The van der Waals surface area contributed by atoms with Crippen LogP contribution in [0.2, 0.25) is 0 Å². The van der Waals surface area contributed by atoms with Crippen LogP contribution in [-0.2, 0) is 6.42 Å². The lowest BCUT2D eigenvalue weighted by Gasteiger charge is -2.49. The molecule has 2 aliphatic rings. The average molecular weight is 331 g/mol. The van der Waals surface area contributed by atoms with Crippen LogP contribution >= 0.6 is 0 Å². The van der Waals surface area contributed by atoms with Crippen molar-refractivity contribution in [1.82, 2.24) is 15.1 Å². The SMILES string of the molecule is COc1cccc2c1CCC2NC(=O)N(C)CC1(N(C)C)CCC1. The maximum atomic E-state index is 12.7. The first-order chi connectivity index (χ1) is 11.5. The number of methoxy groups -OCH3 is 1. The molecule has 1 fully saturated rings. The molecular formula is C19H29N3O2. The molecule has 1 unspecified atom stereocenters. The van der Waals surface area contributed by atoms with Gasteiger partial charge >= 0.3 is 6.03 Å². The molecule has 0 spiro atoms. The lowest BCUT2D eigenvalue weighted by Crippen LogP contribution is -2.58. The summed E-state index contributed by atoms with van der Waals surface area (Å²) in [7, 11) is 7.84. The molecule has 1 saturated carbocycles. The summed E-state index contributed by atoms with van der Waals surface area (Å²) in [5, 5.41) is 3.21. The van der Waals surface area contributed by atoms with Gasteiger partial charge in [-0.15, -0.1) is 0 Å². The quantitative estimate of drug-likeness (QED) is 0.902. The van der Waals surface area contributed by atoms with Gasteiger partial charge in [0.1, 0.15) is 5.75 Å². The molecule has 0 radical (unpaired) electrons. The molecule has 3 rings (SSSR count). The number of hydrogen-bond donors (Lipinski definition) is 1. The van der Waals surface area contributed by atoms with Crippen molar-refractivity contribution < 1.29 is 9.53 Å². The zero-order valence-corrected chi connectivity index (χ0v) is 15.3. The molecule has 5 nitrogen and oxygen atoms in total. The Labute approximate surface area is 145 Å². The van der Waals surface area contributed by atoms with Crippen molar-refractivity contribution in [2.45, 2.75) is 43.7 Å². The van der Waals surface area contributed by atoms with E-state index in [0.29, 0.717) is 0 Å². The predicted molar refractivity (Wildman–Crippen MR) is 95.5 cm³/mol. The average Bonchev–Trinajstić information content (AvgIpc) is 2.93. The first-order valence-corrected chi connectivity index (χ1v) is 8.82. The van der Waals surface area contributed by atoms with Crippen LogP contribution < -0.4 is 10.1 Å². The van der Waals surface area contributed by atoms with Gasteiger partial charge in [-0.05, 0) is 63.4 Å². The highest BCUT2D eigenvalue weighted by Gasteiger charge is 2.41. The van der Waals surface area contributed by atoms with Gasteiger partial charge in [-0.2, -0.15) is 0 Å². The normalized spacial score (nSPS) is 21.1. The standard InChI is InChI=1S/C19H29N3O2/c1-21(2)19(11-6-12-19)13-22(3)18(23)20-16-10-9-15-14(16)7-5-8-17(15)24-4/h5,7-8,16H,6,9-13H2,1-4H3,(H,20,23). The highest BCUT2D eigenvalue weighted by Crippen LogP contribution is 2.38. The molecule has 132 valence electrons. The van der Waals surface area contributed by atoms with Crippen LogP contribution in [0.25, 0.3) is 0 Å². The maximum Gasteiger partial charge on any atom is 0.317 e. The van der Waals surface area contributed by atoms with Crippen LogP contribution in [0.4, 0.5) is 4.79 Å². The third-order valence-electron chi connectivity index (χ3n) is 5.86. The first kappa shape index (κ1) is 17.1. The summed E-state index contributed by atoms with van der Waals surface area (Å²) in [5.41, 5.74) is 2.59. The van der Waals surface area contributed by atoms with Crippen molar-refractivity contribution in [2.24, 2.45) is 0 Å². The van der Waals surface area contributed by atoms with Crippen LogP contribution in [0.1, 0.15) is 42.9 Å². The maximum absolute atomic E-state index is 12.7. The lowest BCUT2D eigenvalue weighted by atomic mass is 9.75. The Morgan fingerprint density at radius 2 is 2.08 bits per heavy atom. The van der Waals surface area contributed by atoms with Gasteiger partial charge in [-0.1, -0.05) is 12.1 Å². The first-order valence-electron chi connectivity index (χ1n) is 8.82. The molecule has 2 aliphatic carbocycles. The van der Waals surface area contributed by atoms with E-state index in [1.807, 2.05) is 24.1 Å². The van der Waals surface area contributed by atoms with Gasteiger partial charge in [0, 0.05) is 19.1 Å². The molecule has 2 amide bonds. The van der Waals surface area contributed by atoms with Gasteiger partial charge in [0.05, 0.1) is 13.2 Å². The molecule has 0 bridgehead atoms. The Balaban J connectivity index is 1.64. The fourth-order valence-corrected chi connectivity index (χ4v) is 4.07. The summed E-state index contributed by atoms with van der Waals surface area (Å²) in [6, 6.07) is 6.20. The second-order valence-electron chi connectivity index (χ2n) is 7.40. The second kappa shape index (κ2) is 6.63. The molecule has 0 aromatic heterocycles. The monoisotopic (exact) mass is 331 g/mol. The van der Waals surface area contributed by atoms with Crippen molar-refractivity contribution >= 4 is 6.03 Å². The van der Waals surface area contributed by atoms with E-state index in [0.717, 1.165) is 25.1 Å². The van der Waals surface area contributed by atoms with Crippen molar-refractivity contribution in [3.05, 3.63) is 29.3 Å². The summed E-state index contributed by atoms with van der Waals surface area (Å²) < 4.78 is 5.44. The largest absolute Gasteiger partial charge is 0.496 e. The van der Waals surface area contributed by atoms with Gasteiger partial charge in [0.2, 0.25) is 0 Å². The van der Waals surface area contributed by atoms with Crippen LogP contribution in [0.3, 0.4) is 0 Å². The zero-order valence-electron chi connectivity index (χ0n) is 15.3. The van der Waals surface area contributed by atoms with Gasteiger partial charge in [0.15, 0.2) is 0 Å². The highest BCUT2D eigenvalue weighted by atomic mass is 16.5. The Bertz CT molecular complexity index is 611. The molecule has 24 heavy (non-hydrogen) atoms. The number of benzene rings is 1. The number of hydrogen-bond acceptors (Lipinski definition) is 3. The summed E-state index contributed by atoms with van der Waals surface area (Å²) in [6.07, 6.45) is 5.48. The van der Waals surface area contributed by atoms with Crippen LogP contribution in [0.15, 0.2) is 18.2 Å². The van der Waals surface area contributed by atoms with E-state index >= 15 is 0 Å². The van der Waals surface area contributed by atoms with Crippen LogP contribution in [0, 0.1) is 0 Å². The fraction of sp³-hybridized carbons (Fsp3) is 0.632. The van der Waals surface area contributed by atoms with Crippen LogP contribution in [-0.4, -0.2) is 56.2 Å².